The van der Waals surface area contributed by atoms with Crippen molar-refractivity contribution in [3.8, 4) is 11.4 Å². The van der Waals surface area contributed by atoms with Crippen molar-refractivity contribution in [2.45, 2.75) is 25.9 Å². The molecule has 0 saturated heterocycles. The molecule has 3 rings (SSSR count). The van der Waals surface area contributed by atoms with E-state index in [1.807, 2.05) is 73.9 Å². The normalized spacial score (nSPS) is 10.6. The monoisotopic (exact) mass is 382 g/mol. The molecule has 3 aromatic rings. The van der Waals surface area contributed by atoms with Gasteiger partial charge in [0.25, 0.3) is 0 Å². The van der Waals surface area contributed by atoms with Crippen molar-refractivity contribution in [3.63, 3.8) is 0 Å². The number of anilines is 1. The summed E-state index contributed by atoms with van der Waals surface area (Å²) in [4.78, 5) is 12.3. The molecule has 0 radical (unpaired) electrons. The molecule has 0 aliphatic carbocycles. The van der Waals surface area contributed by atoms with Crippen LogP contribution < -0.4 is 10.1 Å². The van der Waals surface area contributed by atoms with Crippen LogP contribution in [-0.2, 0) is 4.79 Å². The number of carbonyl (C=O) groups is 1. The first kappa shape index (κ1) is 19.0. The highest BCUT2D eigenvalue weighted by Crippen LogP contribution is 2.22. The third-order valence-electron chi connectivity index (χ3n) is 3.87. The van der Waals surface area contributed by atoms with E-state index in [9.17, 15) is 4.79 Å². The van der Waals surface area contributed by atoms with Gasteiger partial charge in [0.05, 0.1) is 12.4 Å². The molecule has 0 saturated carbocycles. The molecule has 6 nitrogen and oxygen atoms in total. The van der Waals surface area contributed by atoms with E-state index in [1.54, 1.807) is 0 Å². The van der Waals surface area contributed by atoms with E-state index in [1.165, 1.54) is 17.3 Å². The van der Waals surface area contributed by atoms with Crippen molar-refractivity contribution >= 4 is 23.4 Å². The Labute approximate surface area is 163 Å². The van der Waals surface area contributed by atoms with Crippen molar-refractivity contribution in [1.82, 2.24) is 14.8 Å². The predicted molar refractivity (Wildman–Crippen MR) is 108 cm³/mol. The van der Waals surface area contributed by atoms with Crippen LogP contribution in [0.2, 0.25) is 0 Å². The summed E-state index contributed by atoms with van der Waals surface area (Å²) in [5, 5.41) is 11.9. The van der Waals surface area contributed by atoms with Gasteiger partial charge >= 0.3 is 0 Å². The highest BCUT2D eigenvalue weighted by Gasteiger charge is 2.13. The van der Waals surface area contributed by atoms with E-state index < -0.39 is 0 Å². The summed E-state index contributed by atoms with van der Waals surface area (Å²) in [5.74, 6) is 1.72. The van der Waals surface area contributed by atoms with Gasteiger partial charge in [0, 0.05) is 11.4 Å². The Kier molecular flexibility index (Phi) is 6.13. The second-order valence-corrected chi connectivity index (χ2v) is 6.94. The standard InChI is InChI=1S/C20H22N4O2S/c1-4-26-18-11-7-16(8-12-18)21-19(25)13-27-20-23-22-15(3)24(20)17-9-5-14(2)6-10-17/h5-12H,4,13H2,1-3H3,(H,21,25). The van der Waals surface area contributed by atoms with E-state index in [2.05, 4.69) is 15.5 Å². The maximum absolute atomic E-state index is 12.3. The molecule has 140 valence electrons. The van der Waals surface area contributed by atoms with Gasteiger partial charge in [-0.1, -0.05) is 29.5 Å². The fourth-order valence-electron chi connectivity index (χ4n) is 2.56. The molecule has 0 aliphatic heterocycles. The number of nitrogens with one attached hydrogen (secondary N) is 1. The molecule has 7 heteroatoms. The van der Waals surface area contributed by atoms with Gasteiger partial charge in [-0.3, -0.25) is 9.36 Å². The predicted octanol–water partition coefficient (Wildman–Crippen LogP) is 4.01. The number of aryl methyl sites for hydroxylation is 2. The molecule has 1 amide bonds. The molecule has 2 aromatic carbocycles. The first-order valence-corrected chi connectivity index (χ1v) is 9.70. The van der Waals surface area contributed by atoms with Gasteiger partial charge in [-0.2, -0.15) is 0 Å². The number of thioether (sulfide) groups is 1. The number of carbonyl (C=O) groups excluding carboxylic acids is 1. The highest BCUT2D eigenvalue weighted by atomic mass is 32.2. The van der Waals surface area contributed by atoms with Crippen LogP contribution in [0.5, 0.6) is 5.75 Å². The number of ether oxygens (including phenoxy) is 1. The summed E-state index contributed by atoms with van der Waals surface area (Å²) in [6, 6.07) is 15.5. The molecule has 0 fully saturated rings. The number of hydrogen-bond acceptors (Lipinski definition) is 5. The lowest BCUT2D eigenvalue weighted by atomic mass is 10.2. The van der Waals surface area contributed by atoms with Gasteiger partial charge in [-0.15, -0.1) is 10.2 Å². The number of rotatable bonds is 7. The third kappa shape index (κ3) is 4.89. The van der Waals surface area contributed by atoms with Gasteiger partial charge in [-0.25, -0.2) is 0 Å². The number of benzene rings is 2. The zero-order valence-electron chi connectivity index (χ0n) is 15.6. The second kappa shape index (κ2) is 8.73. The van der Waals surface area contributed by atoms with Crippen molar-refractivity contribution in [3.05, 3.63) is 59.9 Å². The lowest BCUT2D eigenvalue weighted by Crippen LogP contribution is -2.14. The average molecular weight is 382 g/mol. The molecule has 0 atom stereocenters. The minimum Gasteiger partial charge on any atom is -0.494 e. The Morgan fingerprint density at radius 2 is 1.78 bits per heavy atom. The zero-order chi connectivity index (χ0) is 19.2. The van der Waals surface area contributed by atoms with Crippen molar-refractivity contribution in [2.24, 2.45) is 0 Å². The second-order valence-electron chi connectivity index (χ2n) is 5.99. The summed E-state index contributed by atoms with van der Waals surface area (Å²) in [5.41, 5.74) is 2.91. The molecule has 0 aliphatic rings. The lowest BCUT2D eigenvalue weighted by molar-refractivity contribution is -0.113. The van der Waals surface area contributed by atoms with Gasteiger partial charge in [-0.05, 0) is 57.2 Å². The summed E-state index contributed by atoms with van der Waals surface area (Å²) in [7, 11) is 0. The van der Waals surface area contributed by atoms with Crippen LogP contribution in [0.4, 0.5) is 5.69 Å². The third-order valence-corrected chi connectivity index (χ3v) is 4.80. The van der Waals surface area contributed by atoms with Crippen LogP contribution in [0.15, 0.2) is 53.7 Å². The number of amides is 1. The van der Waals surface area contributed by atoms with Crippen LogP contribution >= 0.6 is 11.8 Å². The quantitative estimate of drug-likeness (QED) is 0.625. The van der Waals surface area contributed by atoms with Crippen molar-refractivity contribution in [2.75, 3.05) is 17.7 Å². The summed E-state index contributed by atoms with van der Waals surface area (Å²) in [6.07, 6.45) is 0. The summed E-state index contributed by atoms with van der Waals surface area (Å²) in [6.45, 7) is 6.49. The van der Waals surface area contributed by atoms with Crippen LogP contribution in [0, 0.1) is 13.8 Å². The fourth-order valence-corrected chi connectivity index (χ4v) is 3.35. The van der Waals surface area contributed by atoms with E-state index >= 15 is 0 Å². The Hall–Kier alpha value is -2.80. The van der Waals surface area contributed by atoms with Gasteiger partial charge in [0.2, 0.25) is 5.91 Å². The average Bonchev–Trinajstić information content (AvgIpc) is 3.03. The van der Waals surface area contributed by atoms with Crippen LogP contribution in [-0.4, -0.2) is 33.0 Å². The Bertz CT molecular complexity index is 905. The summed E-state index contributed by atoms with van der Waals surface area (Å²) >= 11 is 1.36. The molecular formula is C20H22N4O2S. The van der Waals surface area contributed by atoms with E-state index in [0.29, 0.717) is 11.8 Å². The topological polar surface area (TPSA) is 69.0 Å². The zero-order valence-corrected chi connectivity index (χ0v) is 16.4. The molecular weight excluding hydrogens is 360 g/mol. The highest BCUT2D eigenvalue weighted by molar-refractivity contribution is 7.99. The van der Waals surface area contributed by atoms with Crippen LogP contribution in [0.25, 0.3) is 5.69 Å². The largest absolute Gasteiger partial charge is 0.494 e. The molecule has 0 spiro atoms. The van der Waals surface area contributed by atoms with Crippen molar-refractivity contribution in [1.29, 1.82) is 0 Å². The minimum atomic E-state index is -0.0970. The van der Waals surface area contributed by atoms with Gasteiger partial charge in [0.15, 0.2) is 5.16 Å². The van der Waals surface area contributed by atoms with Gasteiger partial charge < -0.3 is 10.1 Å². The first-order valence-electron chi connectivity index (χ1n) is 8.71. The van der Waals surface area contributed by atoms with E-state index in [4.69, 9.17) is 4.74 Å². The number of aromatic nitrogens is 3. The molecule has 1 aromatic heterocycles. The smallest absolute Gasteiger partial charge is 0.234 e. The maximum Gasteiger partial charge on any atom is 0.234 e. The molecule has 0 bridgehead atoms. The molecule has 1 N–H and O–H groups in total. The van der Waals surface area contributed by atoms with Crippen LogP contribution in [0.3, 0.4) is 0 Å². The summed E-state index contributed by atoms with van der Waals surface area (Å²) < 4.78 is 7.35. The van der Waals surface area contributed by atoms with E-state index in [-0.39, 0.29) is 11.7 Å². The van der Waals surface area contributed by atoms with Crippen molar-refractivity contribution < 1.29 is 9.53 Å². The van der Waals surface area contributed by atoms with Gasteiger partial charge in [0.1, 0.15) is 11.6 Å². The Balaban J connectivity index is 1.63. The number of hydrogen-bond donors (Lipinski definition) is 1. The lowest BCUT2D eigenvalue weighted by Gasteiger charge is -2.09. The maximum atomic E-state index is 12.3. The Morgan fingerprint density at radius 3 is 2.44 bits per heavy atom. The Morgan fingerprint density at radius 1 is 1.07 bits per heavy atom. The molecule has 0 unspecified atom stereocenters. The number of nitrogens with zero attached hydrogens (tertiary/aromatic N) is 3. The van der Waals surface area contributed by atoms with Crippen LogP contribution in [0.1, 0.15) is 18.3 Å². The van der Waals surface area contributed by atoms with E-state index in [0.717, 1.165) is 22.9 Å². The minimum absolute atomic E-state index is 0.0970. The molecule has 27 heavy (non-hydrogen) atoms. The SMILES string of the molecule is CCOc1ccc(NC(=O)CSc2nnc(C)n2-c2ccc(C)cc2)cc1. The first-order chi connectivity index (χ1) is 13.1. The fraction of sp³-hybridized carbons (Fsp3) is 0.250. The molecule has 1 heterocycles.